The van der Waals surface area contributed by atoms with Crippen LogP contribution in [0, 0.1) is 13.8 Å². The number of aryl methyl sites for hydroxylation is 2. The van der Waals surface area contributed by atoms with E-state index < -0.39 is 0 Å². The fourth-order valence-corrected chi connectivity index (χ4v) is 8.22. The molecule has 0 aliphatic carbocycles. The summed E-state index contributed by atoms with van der Waals surface area (Å²) in [5, 5.41) is 2.40. The van der Waals surface area contributed by atoms with E-state index in [0.717, 1.165) is 62.4 Å². The molecule has 40 heavy (non-hydrogen) atoms. The molecule has 196 valence electrons. The fourth-order valence-electron chi connectivity index (χ4n) is 5.32. The van der Waals surface area contributed by atoms with Crippen molar-refractivity contribution >= 4 is 74.5 Å². The van der Waals surface area contributed by atoms with Crippen LogP contribution in [0.3, 0.4) is 0 Å². The number of hydrogen-bond acceptors (Lipinski definition) is 0. The number of fused-ring (bicyclic) bond motifs is 1. The molecular weight excluding hydrogens is 752 g/mol. The summed E-state index contributed by atoms with van der Waals surface area (Å²) in [7, 11) is 0. The largest absolute Gasteiger partial charge is 0.0622 e. The summed E-state index contributed by atoms with van der Waals surface area (Å²) in [6.07, 6.45) is 0. The molecule has 0 aliphatic heterocycles. The van der Waals surface area contributed by atoms with Gasteiger partial charge in [-0.15, -0.1) is 0 Å². The Hall–Kier alpha value is -2.50. The lowest BCUT2D eigenvalue weighted by Crippen LogP contribution is -1.99. The molecule has 0 spiro atoms. The van der Waals surface area contributed by atoms with Crippen molar-refractivity contribution in [2.24, 2.45) is 0 Å². The van der Waals surface area contributed by atoms with Crippen molar-refractivity contribution in [2.45, 2.75) is 13.8 Å². The molecule has 6 rings (SSSR count). The van der Waals surface area contributed by atoms with E-state index in [9.17, 15) is 0 Å². The van der Waals surface area contributed by atoms with Gasteiger partial charge in [0.2, 0.25) is 0 Å². The first-order chi connectivity index (χ1) is 19.3. The van der Waals surface area contributed by atoms with Crippen molar-refractivity contribution in [1.82, 2.24) is 0 Å². The first-order valence-electron chi connectivity index (χ1n) is 13.0. The van der Waals surface area contributed by atoms with Crippen LogP contribution in [0.25, 0.3) is 55.3 Å². The van der Waals surface area contributed by atoms with Crippen LogP contribution in [-0.4, -0.2) is 0 Å². The van der Waals surface area contributed by atoms with Gasteiger partial charge in [-0.05, 0) is 114 Å². The normalized spacial score (nSPS) is 11.2. The zero-order chi connectivity index (χ0) is 28.0. The molecule has 0 amide bonds. The van der Waals surface area contributed by atoms with Gasteiger partial charge in [-0.25, -0.2) is 0 Å². The Morgan fingerprint density at radius 3 is 1.32 bits per heavy atom. The lowest BCUT2D eigenvalue weighted by Gasteiger charge is -2.25. The van der Waals surface area contributed by atoms with Gasteiger partial charge in [-0.3, -0.25) is 0 Å². The van der Waals surface area contributed by atoms with Gasteiger partial charge in [-0.1, -0.05) is 117 Å². The second kappa shape index (κ2) is 11.4. The average Bonchev–Trinajstić information content (AvgIpc) is 2.96. The number of rotatable bonds is 4. The highest BCUT2D eigenvalue weighted by molar-refractivity contribution is 9.11. The smallest absolute Gasteiger partial charge is 0.0345 e. The van der Waals surface area contributed by atoms with Crippen LogP contribution >= 0.6 is 63.7 Å². The van der Waals surface area contributed by atoms with Crippen LogP contribution in [0.4, 0.5) is 0 Å². The Bertz CT molecular complexity index is 1890. The minimum absolute atomic E-state index is 1.05. The summed E-state index contributed by atoms with van der Waals surface area (Å²) < 4.78 is 4.23. The molecule has 6 aromatic carbocycles. The Labute approximate surface area is 269 Å². The van der Waals surface area contributed by atoms with Crippen molar-refractivity contribution in [1.29, 1.82) is 0 Å². The molecule has 0 heterocycles. The molecule has 0 bridgehead atoms. The molecule has 0 radical (unpaired) electrons. The van der Waals surface area contributed by atoms with Crippen LogP contribution < -0.4 is 0 Å². The third-order valence-electron chi connectivity index (χ3n) is 7.46. The molecule has 0 unspecified atom stereocenters. The first kappa shape index (κ1) is 27.7. The van der Waals surface area contributed by atoms with Crippen LogP contribution in [0.15, 0.2) is 127 Å². The SMILES string of the molecule is Cc1cc(Br)c(-c2c(Br)c(-c3ccccc3)c(-c3cc4ccccc4cc3Br)c(Br)c2-c2ccccc2)cc1C. The quantitative estimate of drug-likeness (QED) is 0.167. The second-order valence-electron chi connectivity index (χ2n) is 9.96. The van der Waals surface area contributed by atoms with E-state index in [2.05, 4.69) is 187 Å². The Kier molecular flexibility index (Phi) is 7.89. The molecule has 6 aromatic rings. The van der Waals surface area contributed by atoms with Crippen molar-refractivity contribution in [2.75, 3.05) is 0 Å². The van der Waals surface area contributed by atoms with E-state index in [1.807, 2.05) is 0 Å². The molecule has 0 atom stereocenters. The molecule has 0 fully saturated rings. The average molecular weight is 776 g/mol. The maximum atomic E-state index is 4.18. The summed E-state index contributed by atoms with van der Waals surface area (Å²) in [6.45, 7) is 4.33. The predicted octanol–water partition coefficient (Wildman–Crippen LogP) is 13.2. The van der Waals surface area contributed by atoms with Gasteiger partial charge in [0.25, 0.3) is 0 Å². The number of hydrogen-bond donors (Lipinski definition) is 0. The van der Waals surface area contributed by atoms with E-state index in [1.54, 1.807) is 0 Å². The van der Waals surface area contributed by atoms with Gasteiger partial charge in [0.05, 0.1) is 0 Å². The monoisotopic (exact) mass is 772 g/mol. The second-order valence-corrected chi connectivity index (χ2v) is 13.3. The molecule has 0 nitrogen and oxygen atoms in total. The van der Waals surface area contributed by atoms with E-state index in [4.69, 9.17) is 0 Å². The van der Waals surface area contributed by atoms with Crippen LogP contribution in [0.2, 0.25) is 0 Å². The van der Waals surface area contributed by atoms with Gasteiger partial charge >= 0.3 is 0 Å². The van der Waals surface area contributed by atoms with Crippen LogP contribution in [-0.2, 0) is 0 Å². The zero-order valence-corrected chi connectivity index (χ0v) is 28.2. The van der Waals surface area contributed by atoms with E-state index in [-0.39, 0.29) is 0 Å². The topological polar surface area (TPSA) is 0 Å². The Balaban J connectivity index is 1.82. The summed E-state index contributed by atoms with van der Waals surface area (Å²) in [4.78, 5) is 0. The van der Waals surface area contributed by atoms with Gasteiger partial charge in [0.1, 0.15) is 0 Å². The maximum Gasteiger partial charge on any atom is 0.0345 e. The van der Waals surface area contributed by atoms with Crippen LogP contribution in [0.5, 0.6) is 0 Å². The highest BCUT2D eigenvalue weighted by atomic mass is 79.9. The predicted molar refractivity (Wildman–Crippen MR) is 186 cm³/mol. The summed E-state index contributed by atoms with van der Waals surface area (Å²) in [6, 6.07) is 38.8. The summed E-state index contributed by atoms with van der Waals surface area (Å²) in [5.41, 5.74) is 11.7. The minimum atomic E-state index is 1.05. The number of halogens is 4. The summed E-state index contributed by atoms with van der Waals surface area (Å²) in [5.74, 6) is 0. The van der Waals surface area contributed by atoms with Crippen molar-refractivity contribution < 1.29 is 0 Å². The van der Waals surface area contributed by atoms with Crippen LogP contribution in [0.1, 0.15) is 11.1 Å². The molecule has 0 aliphatic rings. The Morgan fingerprint density at radius 1 is 0.400 bits per heavy atom. The molecule has 0 saturated carbocycles. The molecule has 0 N–H and O–H groups in total. The van der Waals surface area contributed by atoms with E-state index >= 15 is 0 Å². The Morgan fingerprint density at radius 2 is 0.800 bits per heavy atom. The third kappa shape index (κ3) is 4.94. The van der Waals surface area contributed by atoms with Gasteiger partial charge in [-0.2, -0.15) is 0 Å². The van der Waals surface area contributed by atoms with E-state index in [0.29, 0.717) is 0 Å². The van der Waals surface area contributed by atoms with Crippen molar-refractivity contribution in [3.8, 4) is 44.5 Å². The molecule has 4 heteroatoms. The minimum Gasteiger partial charge on any atom is -0.0622 e. The highest BCUT2D eigenvalue weighted by Gasteiger charge is 2.27. The zero-order valence-electron chi connectivity index (χ0n) is 21.9. The lowest BCUT2D eigenvalue weighted by molar-refractivity contribution is 1.33. The molecule has 0 aromatic heterocycles. The van der Waals surface area contributed by atoms with Gasteiger partial charge < -0.3 is 0 Å². The fraction of sp³-hybridized carbons (Fsp3) is 0.0556. The first-order valence-corrected chi connectivity index (χ1v) is 16.1. The van der Waals surface area contributed by atoms with E-state index in [1.165, 1.54) is 21.9 Å². The molecule has 0 saturated heterocycles. The third-order valence-corrected chi connectivity index (χ3v) is 10.4. The summed E-state index contributed by atoms with van der Waals surface area (Å²) >= 11 is 16.2. The van der Waals surface area contributed by atoms with Gasteiger partial charge in [0, 0.05) is 40.1 Å². The lowest BCUT2D eigenvalue weighted by atomic mass is 9.84. The van der Waals surface area contributed by atoms with Gasteiger partial charge in [0.15, 0.2) is 0 Å². The number of benzene rings is 6. The molecular formula is C36H24Br4. The van der Waals surface area contributed by atoms with Crippen molar-refractivity contribution in [3.63, 3.8) is 0 Å². The highest BCUT2D eigenvalue weighted by Crippen LogP contribution is 2.55. The van der Waals surface area contributed by atoms with Crippen molar-refractivity contribution in [3.05, 3.63) is 138 Å². The maximum absolute atomic E-state index is 4.18. The standard InChI is InChI=1S/C36H24Br4/c1-21-17-27(29(37)18-22(21)2)33-31(23-11-5-3-6-12-23)36(40)34(32(35(33)39)24-13-7-4-8-14-24)28-19-25-15-9-10-16-26(25)20-30(28)38/h3-20H,1-2H3.